The minimum absolute atomic E-state index is 0.178. The van der Waals surface area contributed by atoms with Gasteiger partial charge in [0, 0.05) is 18.0 Å². The summed E-state index contributed by atoms with van der Waals surface area (Å²) in [6.45, 7) is 1.71. The first-order valence-electron chi connectivity index (χ1n) is 5.61. The SMILES string of the molecule is C/C(=N\NS(=O)(=O)c1ccccc1)c1cccnc1. The highest BCUT2D eigenvalue weighted by atomic mass is 32.2. The predicted octanol–water partition coefficient (Wildman–Crippen LogP) is 1.78. The number of benzene rings is 1. The number of hydrogen-bond donors (Lipinski definition) is 1. The molecule has 1 N–H and O–H groups in total. The van der Waals surface area contributed by atoms with E-state index in [1.54, 1.807) is 43.6 Å². The van der Waals surface area contributed by atoms with Gasteiger partial charge in [0.1, 0.15) is 0 Å². The Morgan fingerprint density at radius 3 is 2.53 bits per heavy atom. The number of pyridine rings is 1. The summed E-state index contributed by atoms with van der Waals surface area (Å²) >= 11 is 0. The summed E-state index contributed by atoms with van der Waals surface area (Å²) in [5.41, 5.74) is 1.31. The number of nitrogens with zero attached hydrogens (tertiary/aromatic N) is 2. The van der Waals surface area contributed by atoms with Crippen molar-refractivity contribution in [3.63, 3.8) is 0 Å². The molecular weight excluding hydrogens is 262 g/mol. The lowest BCUT2D eigenvalue weighted by Gasteiger charge is -2.04. The molecule has 0 bridgehead atoms. The van der Waals surface area contributed by atoms with Crippen LogP contribution in [0.4, 0.5) is 0 Å². The molecule has 0 saturated carbocycles. The van der Waals surface area contributed by atoms with Crippen LogP contribution < -0.4 is 4.83 Å². The van der Waals surface area contributed by atoms with Gasteiger partial charge in [0.2, 0.25) is 0 Å². The molecule has 0 aliphatic carbocycles. The molecule has 0 spiro atoms. The maximum Gasteiger partial charge on any atom is 0.276 e. The molecule has 5 nitrogen and oxygen atoms in total. The fourth-order valence-corrected chi connectivity index (χ4v) is 2.30. The van der Waals surface area contributed by atoms with Crippen LogP contribution in [0.2, 0.25) is 0 Å². The van der Waals surface area contributed by atoms with Crippen LogP contribution in [0.15, 0.2) is 64.9 Å². The maximum absolute atomic E-state index is 11.9. The van der Waals surface area contributed by atoms with Gasteiger partial charge in [0.15, 0.2) is 0 Å². The smallest absolute Gasteiger partial charge is 0.264 e. The molecule has 98 valence electrons. The normalized spacial score (nSPS) is 12.2. The summed E-state index contributed by atoms with van der Waals surface area (Å²) in [6, 6.07) is 11.7. The number of hydrazone groups is 1. The van der Waals surface area contributed by atoms with Crippen LogP contribution in [0.5, 0.6) is 0 Å². The summed E-state index contributed by atoms with van der Waals surface area (Å²) in [6.07, 6.45) is 3.26. The topological polar surface area (TPSA) is 71.4 Å². The van der Waals surface area contributed by atoms with Crippen molar-refractivity contribution in [1.29, 1.82) is 0 Å². The molecule has 2 rings (SSSR count). The van der Waals surface area contributed by atoms with Crippen molar-refractivity contribution in [2.24, 2.45) is 5.10 Å². The summed E-state index contributed by atoms with van der Waals surface area (Å²) in [5, 5.41) is 3.88. The number of nitrogens with one attached hydrogen (secondary N) is 1. The Hall–Kier alpha value is -2.21. The van der Waals surface area contributed by atoms with E-state index in [0.717, 1.165) is 5.56 Å². The number of rotatable bonds is 4. The second-order valence-corrected chi connectivity index (χ2v) is 5.51. The Balaban J connectivity index is 2.19. The van der Waals surface area contributed by atoms with E-state index in [2.05, 4.69) is 14.9 Å². The van der Waals surface area contributed by atoms with Gasteiger partial charge in [-0.15, -0.1) is 0 Å². The average molecular weight is 275 g/mol. The highest BCUT2D eigenvalue weighted by Crippen LogP contribution is 2.07. The first-order valence-corrected chi connectivity index (χ1v) is 7.09. The van der Waals surface area contributed by atoms with Crippen LogP contribution in [0, 0.1) is 0 Å². The first-order chi connectivity index (χ1) is 9.09. The minimum Gasteiger partial charge on any atom is -0.264 e. The summed E-state index contributed by atoms with van der Waals surface area (Å²) in [4.78, 5) is 6.33. The van der Waals surface area contributed by atoms with Gasteiger partial charge in [0.25, 0.3) is 10.0 Å². The fourth-order valence-electron chi connectivity index (χ4n) is 1.42. The second-order valence-electron chi connectivity index (χ2n) is 3.85. The molecule has 0 atom stereocenters. The number of sulfonamides is 1. The first kappa shape index (κ1) is 13.2. The maximum atomic E-state index is 11.9. The Morgan fingerprint density at radius 1 is 1.16 bits per heavy atom. The van der Waals surface area contributed by atoms with Gasteiger partial charge in [-0.3, -0.25) is 4.98 Å². The molecule has 1 heterocycles. The molecule has 0 aliphatic heterocycles. The van der Waals surface area contributed by atoms with E-state index in [4.69, 9.17) is 0 Å². The molecule has 1 aromatic carbocycles. The van der Waals surface area contributed by atoms with Crippen LogP contribution >= 0.6 is 0 Å². The molecule has 0 radical (unpaired) electrons. The van der Waals surface area contributed by atoms with Gasteiger partial charge in [-0.2, -0.15) is 18.4 Å². The Labute approximate surface area is 112 Å². The standard InChI is InChI=1S/C13H13N3O2S/c1-11(12-6-5-9-14-10-12)15-16-19(17,18)13-7-3-2-4-8-13/h2-10,16H,1H3/b15-11+. The van der Waals surface area contributed by atoms with E-state index in [0.29, 0.717) is 5.71 Å². The molecule has 2 aromatic rings. The average Bonchev–Trinajstić information content (AvgIpc) is 2.47. The fraction of sp³-hybridized carbons (Fsp3) is 0.0769. The zero-order valence-electron chi connectivity index (χ0n) is 10.3. The summed E-state index contributed by atoms with van der Waals surface area (Å²) in [7, 11) is -3.62. The van der Waals surface area contributed by atoms with E-state index in [1.807, 2.05) is 6.07 Å². The second kappa shape index (κ2) is 5.62. The van der Waals surface area contributed by atoms with Gasteiger partial charge < -0.3 is 0 Å². The third-order valence-electron chi connectivity index (χ3n) is 2.47. The lowest BCUT2D eigenvalue weighted by molar-refractivity contribution is 0.584. The van der Waals surface area contributed by atoms with Gasteiger partial charge >= 0.3 is 0 Å². The summed E-state index contributed by atoms with van der Waals surface area (Å²) < 4.78 is 23.9. The molecule has 0 unspecified atom stereocenters. The lowest BCUT2D eigenvalue weighted by Crippen LogP contribution is -2.19. The van der Waals surface area contributed by atoms with E-state index < -0.39 is 10.0 Å². The van der Waals surface area contributed by atoms with Crippen molar-refractivity contribution >= 4 is 15.7 Å². The number of aromatic nitrogens is 1. The molecule has 1 aromatic heterocycles. The van der Waals surface area contributed by atoms with Gasteiger partial charge in [-0.05, 0) is 25.1 Å². The highest BCUT2D eigenvalue weighted by molar-refractivity contribution is 7.89. The van der Waals surface area contributed by atoms with Crippen molar-refractivity contribution in [3.05, 3.63) is 60.4 Å². The van der Waals surface area contributed by atoms with Gasteiger partial charge in [0.05, 0.1) is 10.6 Å². The van der Waals surface area contributed by atoms with Crippen molar-refractivity contribution in [2.75, 3.05) is 0 Å². The molecule has 0 saturated heterocycles. The Kier molecular flexibility index (Phi) is 3.91. The van der Waals surface area contributed by atoms with Gasteiger partial charge in [-0.1, -0.05) is 24.3 Å². The third kappa shape index (κ3) is 3.38. The van der Waals surface area contributed by atoms with Crippen LogP contribution in [-0.2, 0) is 10.0 Å². The van der Waals surface area contributed by atoms with Crippen LogP contribution in [0.3, 0.4) is 0 Å². The molecule has 6 heteroatoms. The Morgan fingerprint density at radius 2 is 1.89 bits per heavy atom. The van der Waals surface area contributed by atoms with Gasteiger partial charge in [-0.25, -0.2) is 0 Å². The molecule has 0 amide bonds. The minimum atomic E-state index is -3.62. The van der Waals surface area contributed by atoms with E-state index in [9.17, 15) is 8.42 Å². The van der Waals surface area contributed by atoms with Crippen LogP contribution in [-0.4, -0.2) is 19.1 Å². The van der Waals surface area contributed by atoms with Crippen LogP contribution in [0.25, 0.3) is 0 Å². The highest BCUT2D eigenvalue weighted by Gasteiger charge is 2.11. The Bertz CT molecular complexity index is 668. The van der Waals surface area contributed by atoms with E-state index >= 15 is 0 Å². The summed E-state index contributed by atoms with van der Waals surface area (Å²) in [5.74, 6) is 0. The number of hydrogen-bond acceptors (Lipinski definition) is 4. The largest absolute Gasteiger partial charge is 0.276 e. The van der Waals surface area contributed by atoms with E-state index in [1.165, 1.54) is 12.1 Å². The van der Waals surface area contributed by atoms with Crippen molar-refractivity contribution in [1.82, 2.24) is 9.82 Å². The van der Waals surface area contributed by atoms with Crippen molar-refractivity contribution < 1.29 is 8.42 Å². The molecule has 0 fully saturated rings. The lowest BCUT2D eigenvalue weighted by atomic mass is 10.2. The molecule has 19 heavy (non-hydrogen) atoms. The molecule has 0 aliphatic rings. The zero-order chi connectivity index (χ0) is 13.7. The molecular formula is C13H13N3O2S. The quantitative estimate of drug-likeness (QED) is 0.683. The predicted molar refractivity (Wildman–Crippen MR) is 73.2 cm³/mol. The van der Waals surface area contributed by atoms with Crippen molar-refractivity contribution in [2.45, 2.75) is 11.8 Å². The third-order valence-corrected chi connectivity index (χ3v) is 3.69. The van der Waals surface area contributed by atoms with Crippen LogP contribution in [0.1, 0.15) is 12.5 Å². The zero-order valence-corrected chi connectivity index (χ0v) is 11.1. The monoisotopic (exact) mass is 275 g/mol. The van der Waals surface area contributed by atoms with E-state index in [-0.39, 0.29) is 4.90 Å². The van der Waals surface area contributed by atoms with Crippen molar-refractivity contribution in [3.8, 4) is 0 Å².